The summed E-state index contributed by atoms with van der Waals surface area (Å²) in [5.74, 6) is 0. The Balaban J connectivity index is 2.68. The lowest BCUT2D eigenvalue weighted by atomic mass is 10.3. The van der Waals surface area contributed by atoms with Gasteiger partial charge in [0.1, 0.15) is 0 Å². The number of rotatable bonds is 5. The van der Waals surface area contributed by atoms with Crippen LogP contribution in [-0.4, -0.2) is 18.7 Å². The van der Waals surface area contributed by atoms with Crippen LogP contribution in [0.5, 0.6) is 0 Å². The number of aromatic nitrogens is 1. The zero-order valence-corrected chi connectivity index (χ0v) is 8.99. The molecule has 0 fully saturated rings. The molecule has 3 nitrogen and oxygen atoms in total. The van der Waals surface area contributed by atoms with Crippen LogP contribution in [0.1, 0.15) is 22.5 Å². The Morgan fingerprint density at radius 1 is 1.54 bits per heavy atom. The van der Waals surface area contributed by atoms with E-state index >= 15 is 0 Å². The van der Waals surface area contributed by atoms with Crippen LogP contribution in [0.25, 0.3) is 0 Å². The molecular formula is C9H16N2OS. The fourth-order valence-electron chi connectivity index (χ4n) is 1.17. The van der Waals surface area contributed by atoms with E-state index in [-0.39, 0.29) is 0 Å². The van der Waals surface area contributed by atoms with Crippen molar-refractivity contribution in [3.8, 4) is 0 Å². The van der Waals surface area contributed by atoms with Gasteiger partial charge in [0.25, 0.3) is 0 Å². The first-order chi connectivity index (χ1) is 6.31. The summed E-state index contributed by atoms with van der Waals surface area (Å²) in [5.41, 5.74) is 6.76. The van der Waals surface area contributed by atoms with Crippen LogP contribution in [0.4, 0.5) is 0 Å². The van der Waals surface area contributed by atoms with Crippen LogP contribution in [0.3, 0.4) is 0 Å². The van der Waals surface area contributed by atoms with Crippen LogP contribution in [0.15, 0.2) is 0 Å². The summed E-state index contributed by atoms with van der Waals surface area (Å²) in [6, 6.07) is 0. The molecule has 0 saturated carbocycles. The van der Waals surface area contributed by atoms with Gasteiger partial charge < -0.3 is 10.5 Å². The third kappa shape index (κ3) is 2.76. The van der Waals surface area contributed by atoms with Crippen molar-refractivity contribution in [1.29, 1.82) is 0 Å². The first-order valence-electron chi connectivity index (χ1n) is 4.48. The molecule has 0 amide bonds. The summed E-state index contributed by atoms with van der Waals surface area (Å²) in [4.78, 5) is 5.71. The molecule has 0 aromatic carbocycles. The molecule has 0 aliphatic carbocycles. The topological polar surface area (TPSA) is 48.1 Å². The second-order valence-electron chi connectivity index (χ2n) is 2.78. The van der Waals surface area contributed by atoms with Gasteiger partial charge in [-0.05, 0) is 6.42 Å². The number of nitrogens with two attached hydrogens (primary N) is 1. The normalized spacial score (nSPS) is 10.7. The molecule has 0 radical (unpaired) electrons. The molecule has 1 rings (SSSR count). The predicted octanol–water partition coefficient (Wildman–Crippen LogP) is 1.35. The third-order valence-electron chi connectivity index (χ3n) is 1.86. The number of hydrogen-bond donors (Lipinski definition) is 1. The first kappa shape index (κ1) is 10.6. The lowest BCUT2D eigenvalue weighted by Gasteiger charge is -1.92. The van der Waals surface area contributed by atoms with Crippen molar-refractivity contribution in [3.05, 3.63) is 15.6 Å². The highest BCUT2D eigenvalue weighted by molar-refractivity contribution is 7.11. The molecule has 0 spiro atoms. The molecule has 0 unspecified atom stereocenters. The summed E-state index contributed by atoms with van der Waals surface area (Å²) in [7, 11) is 1.71. The maximum Gasteiger partial charge on any atom is 0.0954 e. The van der Waals surface area contributed by atoms with Gasteiger partial charge in [-0.1, -0.05) is 6.92 Å². The Kier molecular flexibility index (Phi) is 4.35. The van der Waals surface area contributed by atoms with Gasteiger partial charge in [-0.25, -0.2) is 4.98 Å². The molecule has 0 atom stereocenters. The Morgan fingerprint density at radius 3 is 2.77 bits per heavy atom. The number of nitrogens with zero attached hydrogens (tertiary/aromatic N) is 1. The summed E-state index contributed by atoms with van der Waals surface area (Å²) in [6.07, 6.45) is 1.87. The van der Waals surface area contributed by atoms with E-state index in [4.69, 9.17) is 10.5 Å². The Morgan fingerprint density at radius 2 is 2.31 bits per heavy atom. The Labute approximate surface area is 82.9 Å². The van der Waals surface area contributed by atoms with Gasteiger partial charge in [0.05, 0.1) is 17.3 Å². The van der Waals surface area contributed by atoms with E-state index in [1.807, 2.05) is 0 Å². The molecule has 1 heterocycles. The maximum absolute atomic E-state index is 5.61. The minimum atomic E-state index is 0.605. The van der Waals surface area contributed by atoms with Gasteiger partial charge >= 0.3 is 0 Å². The summed E-state index contributed by atoms with van der Waals surface area (Å²) < 4.78 is 5.00. The van der Waals surface area contributed by atoms with E-state index in [1.165, 1.54) is 4.88 Å². The lowest BCUT2D eigenvalue weighted by molar-refractivity contribution is 0.202. The van der Waals surface area contributed by atoms with Crippen molar-refractivity contribution in [2.45, 2.75) is 26.3 Å². The molecule has 4 heteroatoms. The van der Waals surface area contributed by atoms with Crippen LogP contribution >= 0.6 is 11.3 Å². The van der Waals surface area contributed by atoms with Gasteiger partial charge in [-0.3, -0.25) is 0 Å². The van der Waals surface area contributed by atoms with Gasteiger partial charge in [0, 0.05) is 25.0 Å². The number of hydrogen-bond acceptors (Lipinski definition) is 4. The molecule has 2 N–H and O–H groups in total. The fraction of sp³-hybridized carbons (Fsp3) is 0.667. The summed E-state index contributed by atoms with van der Waals surface area (Å²) in [5, 5.41) is 1.14. The van der Waals surface area contributed by atoms with Crippen LogP contribution in [-0.2, 0) is 24.1 Å². The first-order valence-corrected chi connectivity index (χ1v) is 5.29. The van der Waals surface area contributed by atoms with E-state index in [0.717, 1.165) is 30.2 Å². The van der Waals surface area contributed by atoms with E-state index in [1.54, 1.807) is 18.4 Å². The maximum atomic E-state index is 5.61. The Hall–Kier alpha value is -0.450. The average molecular weight is 200 g/mol. The monoisotopic (exact) mass is 200 g/mol. The van der Waals surface area contributed by atoms with Gasteiger partial charge in [0.15, 0.2) is 0 Å². The summed E-state index contributed by atoms with van der Waals surface area (Å²) in [6.45, 7) is 3.45. The Bertz CT molecular complexity index is 239. The summed E-state index contributed by atoms with van der Waals surface area (Å²) >= 11 is 1.71. The smallest absolute Gasteiger partial charge is 0.0954 e. The second kappa shape index (κ2) is 5.32. The van der Waals surface area contributed by atoms with E-state index < -0.39 is 0 Å². The number of methoxy groups -OCH3 is 1. The highest BCUT2D eigenvalue weighted by Gasteiger charge is 2.07. The van der Waals surface area contributed by atoms with Gasteiger partial charge in [-0.15, -0.1) is 11.3 Å². The van der Waals surface area contributed by atoms with E-state index in [9.17, 15) is 0 Å². The van der Waals surface area contributed by atoms with Gasteiger partial charge in [-0.2, -0.15) is 0 Å². The number of aryl methyl sites for hydroxylation is 1. The van der Waals surface area contributed by atoms with Crippen molar-refractivity contribution in [2.24, 2.45) is 5.73 Å². The second-order valence-corrected chi connectivity index (χ2v) is 3.95. The van der Waals surface area contributed by atoms with Crippen LogP contribution < -0.4 is 5.73 Å². The number of thiazole rings is 1. The molecule has 0 aliphatic heterocycles. The fourth-order valence-corrected chi connectivity index (χ4v) is 2.19. The van der Waals surface area contributed by atoms with E-state index in [0.29, 0.717) is 6.54 Å². The standard InChI is InChI=1S/C9H16N2OS/c1-3-7-8(6-10)13-9(11-7)4-5-12-2/h3-6,10H2,1-2H3. The SMILES string of the molecule is CCc1nc(CCOC)sc1CN. The highest BCUT2D eigenvalue weighted by atomic mass is 32.1. The molecular weight excluding hydrogens is 184 g/mol. The zero-order valence-electron chi connectivity index (χ0n) is 8.17. The highest BCUT2D eigenvalue weighted by Crippen LogP contribution is 2.18. The number of ether oxygens (including phenoxy) is 1. The van der Waals surface area contributed by atoms with Crippen molar-refractivity contribution in [1.82, 2.24) is 4.98 Å². The molecule has 0 saturated heterocycles. The molecule has 1 aromatic heterocycles. The quantitative estimate of drug-likeness (QED) is 0.780. The van der Waals surface area contributed by atoms with Crippen molar-refractivity contribution in [2.75, 3.05) is 13.7 Å². The van der Waals surface area contributed by atoms with E-state index in [2.05, 4.69) is 11.9 Å². The molecule has 13 heavy (non-hydrogen) atoms. The average Bonchev–Trinajstić information content (AvgIpc) is 2.57. The van der Waals surface area contributed by atoms with Crippen molar-refractivity contribution >= 4 is 11.3 Å². The third-order valence-corrected chi connectivity index (χ3v) is 3.04. The minimum absolute atomic E-state index is 0.605. The lowest BCUT2D eigenvalue weighted by Crippen LogP contribution is -1.97. The van der Waals surface area contributed by atoms with Crippen LogP contribution in [0.2, 0.25) is 0 Å². The zero-order chi connectivity index (χ0) is 9.68. The van der Waals surface area contributed by atoms with Crippen molar-refractivity contribution < 1.29 is 4.74 Å². The molecule has 74 valence electrons. The molecule has 0 bridgehead atoms. The van der Waals surface area contributed by atoms with Crippen molar-refractivity contribution in [3.63, 3.8) is 0 Å². The van der Waals surface area contributed by atoms with Crippen LogP contribution in [0, 0.1) is 0 Å². The van der Waals surface area contributed by atoms with Gasteiger partial charge in [0.2, 0.25) is 0 Å². The molecule has 0 aliphatic rings. The predicted molar refractivity (Wildman–Crippen MR) is 55.0 cm³/mol. The molecule has 1 aromatic rings. The minimum Gasteiger partial charge on any atom is -0.384 e. The largest absolute Gasteiger partial charge is 0.384 e.